The Morgan fingerprint density at radius 1 is 1.16 bits per heavy atom. The van der Waals surface area contributed by atoms with Gasteiger partial charge < -0.3 is 10.2 Å². The van der Waals surface area contributed by atoms with E-state index < -0.39 is 0 Å². The summed E-state index contributed by atoms with van der Waals surface area (Å²) in [7, 11) is 0. The Morgan fingerprint density at radius 2 is 1.89 bits per heavy atom. The van der Waals surface area contributed by atoms with Crippen LogP contribution in [0.5, 0.6) is 0 Å². The Kier molecular flexibility index (Phi) is 3.85. The minimum absolute atomic E-state index is 0.686. The predicted octanol–water partition coefficient (Wildman–Crippen LogP) is 3.17. The third-order valence-corrected chi connectivity index (χ3v) is 3.98. The lowest BCUT2D eigenvalue weighted by Gasteiger charge is -2.21. The van der Waals surface area contributed by atoms with Crippen LogP contribution in [0.25, 0.3) is 0 Å². The quantitative estimate of drug-likeness (QED) is 0.903. The minimum atomic E-state index is 0.686. The summed E-state index contributed by atoms with van der Waals surface area (Å²) in [6, 6.07) is 2.14. The summed E-state index contributed by atoms with van der Waals surface area (Å²) in [6.07, 6.45) is 7.82. The molecule has 104 valence electrons. The third kappa shape index (κ3) is 3.17. The molecule has 1 aliphatic carbocycles. The predicted molar refractivity (Wildman–Crippen MR) is 78.9 cm³/mol. The van der Waals surface area contributed by atoms with Crippen molar-refractivity contribution in [1.82, 2.24) is 9.97 Å². The molecule has 0 atom stereocenters. The van der Waals surface area contributed by atoms with Crippen molar-refractivity contribution < 1.29 is 0 Å². The lowest BCUT2D eigenvalue weighted by Crippen LogP contribution is -2.26. The molecular formula is C15H24N4. The molecule has 0 spiro atoms. The number of rotatable bonds is 4. The second kappa shape index (κ2) is 5.76. The minimum Gasteiger partial charge on any atom is -0.370 e. The van der Waals surface area contributed by atoms with Gasteiger partial charge in [0.25, 0.3) is 0 Å². The van der Waals surface area contributed by atoms with Crippen molar-refractivity contribution in [3.05, 3.63) is 11.8 Å². The van der Waals surface area contributed by atoms with E-state index in [9.17, 15) is 0 Å². The highest BCUT2D eigenvalue weighted by molar-refractivity contribution is 5.45. The number of nitrogens with one attached hydrogen (secondary N) is 1. The van der Waals surface area contributed by atoms with E-state index in [1.54, 1.807) is 0 Å². The van der Waals surface area contributed by atoms with Gasteiger partial charge >= 0.3 is 0 Å². The molecule has 1 saturated carbocycles. The van der Waals surface area contributed by atoms with Gasteiger partial charge in [-0.1, -0.05) is 12.8 Å². The molecule has 4 heteroatoms. The second-order valence-electron chi connectivity index (χ2n) is 5.68. The van der Waals surface area contributed by atoms with Crippen molar-refractivity contribution in [3.8, 4) is 0 Å². The van der Waals surface area contributed by atoms with Crippen molar-refractivity contribution in [2.45, 2.75) is 51.4 Å². The van der Waals surface area contributed by atoms with E-state index in [4.69, 9.17) is 9.97 Å². The molecule has 1 aliphatic heterocycles. The number of hydrogen-bond acceptors (Lipinski definition) is 4. The number of nitrogens with zero attached hydrogens (tertiary/aromatic N) is 3. The van der Waals surface area contributed by atoms with E-state index in [1.807, 2.05) is 0 Å². The standard InChI is InChI=1S/C15H24N4/c1-2-16-14-11-13(12-7-8-12)17-15(18-14)19-9-5-3-4-6-10-19/h11-12H,2-10H2,1H3,(H,16,17,18). The van der Waals surface area contributed by atoms with Gasteiger partial charge in [0.15, 0.2) is 0 Å². The maximum absolute atomic E-state index is 4.82. The van der Waals surface area contributed by atoms with Crippen LogP contribution in [-0.2, 0) is 0 Å². The van der Waals surface area contributed by atoms with Crippen LogP contribution in [0.3, 0.4) is 0 Å². The molecule has 19 heavy (non-hydrogen) atoms. The highest BCUT2D eigenvalue weighted by Crippen LogP contribution is 2.40. The molecule has 1 saturated heterocycles. The fourth-order valence-corrected chi connectivity index (χ4v) is 2.72. The van der Waals surface area contributed by atoms with Gasteiger partial charge in [0.05, 0.1) is 5.69 Å². The van der Waals surface area contributed by atoms with Crippen LogP contribution in [-0.4, -0.2) is 29.6 Å². The summed E-state index contributed by atoms with van der Waals surface area (Å²) in [5.74, 6) is 2.63. The molecule has 0 bridgehead atoms. The Balaban J connectivity index is 1.85. The van der Waals surface area contributed by atoms with E-state index >= 15 is 0 Å². The topological polar surface area (TPSA) is 41.1 Å². The second-order valence-corrected chi connectivity index (χ2v) is 5.68. The average molecular weight is 260 g/mol. The Labute approximate surface area is 115 Å². The van der Waals surface area contributed by atoms with Crippen molar-refractivity contribution in [1.29, 1.82) is 0 Å². The number of anilines is 2. The Morgan fingerprint density at radius 3 is 2.53 bits per heavy atom. The van der Waals surface area contributed by atoms with E-state index in [1.165, 1.54) is 44.2 Å². The van der Waals surface area contributed by atoms with Crippen LogP contribution < -0.4 is 10.2 Å². The third-order valence-electron chi connectivity index (χ3n) is 3.98. The van der Waals surface area contributed by atoms with Crippen LogP contribution in [0.2, 0.25) is 0 Å². The summed E-state index contributed by atoms with van der Waals surface area (Å²) in [4.78, 5) is 11.9. The van der Waals surface area contributed by atoms with Gasteiger partial charge in [0.1, 0.15) is 5.82 Å². The largest absolute Gasteiger partial charge is 0.370 e. The van der Waals surface area contributed by atoms with Crippen molar-refractivity contribution in [2.24, 2.45) is 0 Å². The average Bonchev–Trinajstić information content (AvgIpc) is 3.26. The molecule has 1 aromatic rings. The summed E-state index contributed by atoms with van der Waals surface area (Å²) in [5, 5.41) is 3.35. The van der Waals surface area contributed by atoms with E-state index in [0.717, 1.165) is 31.4 Å². The van der Waals surface area contributed by atoms with Crippen LogP contribution >= 0.6 is 0 Å². The highest BCUT2D eigenvalue weighted by atomic mass is 15.3. The molecule has 2 heterocycles. The smallest absolute Gasteiger partial charge is 0.227 e. The molecule has 2 aliphatic rings. The first-order valence-electron chi connectivity index (χ1n) is 7.74. The van der Waals surface area contributed by atoms with E-state index in [0.29, 0.717) is 5.92 Å². The molecule has 1 aromatic heterocycles. The zero-order valence-electron chi connectivity index (χ0n) is 11.9. The molecule has 1 N–H and O–H groups in total. The van der Waals surface area contributed by atoms with Gasteiger partial charge in [0, 0.05) is 31.6 Å². The lowest BCUT2D eigenvalue weighted by molar-refractivity contribution is 0.726. The fourth-order valence-electron chi connectivity index (χ4n) is 2.72. The molecule has 2 fully saturated rings. The number of aromatic nitrogens is 2. The van der Waals surface area contributed by atoms with Crippen molar-refractivity contribution in [3.63, 3.8) is 0 Å². The summed E-state index contributed by atoms with van der Waals surface area (Å²) in [6.45, 7) is 5.25. The summed E-state index contributed by atoms with van der Waals surface area (Å²) in [5.41, 5.74) is 1.24. The summed E-state index contributed by atoms with van der Waals surface area (Å²) >= 11 is 0. The van der Waals surface area contributed by atoms with Gasteiger partial charge in [-0.2, -0.15) is 4.98 Å². The zero-order valence-corrected chi connectivity index (χ0v) is 11.9. The molecule has 0 amide bonds. The zero-order chi connectivity index (χ0) is 13.1. The van der Waals surface area contributed by atoms with Crippen LogP contribution in [0.1, 0.15) is 57.1 Å². The summed E-state index contributed by atoms with van der Waals surface area (Å²) < 4.78 is 0. The Bertz CT molecular complexity index is 420. The van der Waals surface area contributed by atoms with Gasteiger partial charge in [-0.05, 0) is 32.6 Å². The molecule has 3 rings (SSSR count). The fraction of sp³-hybridized carbons (Fsp3) is 0.733. The monoisotopic (exact) mass is 260 g/mol. The first-order chi connectivity index (χ1) is 9.36. The van der Waals surface area contributed by atoms with E-state index in [-0.39, 0.29) is 0 Å². The molecule has 0 aromatic carbocycles. The molecular weight excluding hydrogens is 236 g/mol. The molecule has 0 radical (unpaired) electrons. The maximum Gasteiger partial charge on any atom is 0.227 e. The van der Waals surface area contributed by atoms with Crippen LogP contribution in [0.15, 0.2) is 6.07 Å². The Hall–Kier alpha value is -1.32. The van der Waals surface area contributed by atoms with Crippen molar-refractivity contribution >= 4 is 11.8 Å². The van der Waals surface area contributed by atoms with Gasteiger partial charge in [-0.25, -0.2) is 4.98 Å². The lowest BCUT2D eigenvalue weighted by atomic mass is 10.2. The van der Waals surface area contributed by atoms with Crippen molar-refractivity contribution in [2.75, 3.05) is 29.9 Å². The van der Waals surface area contributed by atoms with E-state index in [2.05, 4.69) is 23.2 Å². The first kappa shape index (κ1) is 12.7. The highest BCUT2D eigenvalue weighted by Gasteiger charge is 2.27. The first-order valence-corrected chi connectivity index (χ1v) is 7.74. The van der Waals surface area contributed by atoms with Gasteiger partial charge in [-0.3, -0.25) is 0 Å². The van der Waals surface area contributed by atoms with Crippen LogP contribution in [0, 0.1) is 0 Å². The maximum atomic E-state index is 4.82. The molecule has 4 nitrogen and oxygen atoms in total. The molecule has 0 unspecified atom stereocenters. The number of hydrogen-bond donors (Lipinski definition) is 1. The van der Waals surface area contributed by atoms with Gasteiger partial charge in [0.2, 0.25) is 5.95 Å². The van der Waals surface area contributed by atoms with Crippen LogP contribution in [0.4, 0.5) is 11.8 Å². The normalized spacial score (nSPS) is 20.2. The van der Waals surface area contributed by atoms with Gasteiger partial charge in [-0.15, -0.1) is 0 Å². The SMILES string of the molecule is CCNc1cc(C2CC2)nc(N2CCCCCC2)n1.